The van der Waals surface area contributed by atoms with E-state index >= 15 is 0 Å². The van der Waals surface area contributed by atoms with E-state index in [0.29, 0.717) is 18.3 Å². The Morgan fingerprint density at radius 2 is 1.92 bits per heavy atom. The second-order valence-corrected chi connectivity index (χ2v) is 9.23. The van der Waals surface area contributed by atoms with Crippen LogP contribution in [0, 0.1) is 0 Å². The summed E-state index contributed by atoms with van der Waals surface area (Å²) in [6, 6.07) is 6.90. The molecule has 1 heterocycles. The van der Waals surface area contributed by atoms with Gasteiger partial charge in [0.2, 0.25) is 13.3 Å². The highest BCUT2D eigenvalue weighted by atomic mass is 35.5. The average molecular weight is 408 g/mol. The van der Waals surface area contributed by atoms with Gasteiger partial charge >= 0.3 is 6.18 Å². The molecule has 0 saturated carbocycles. The zero-order valence-corrected chi connectivity index (χ0v) is 15.7. The summed E-state index contributed by atoms with van der Waals surface area (Å²) in [7, 11) is -3.16. The third kappa shape index (κ3) is 5.19. The lowest BCUT2D eigenvalue weighted by molar-refractivity contribution is -0.137. The number of hydrogen-bond acceptors (Lipinski definition) is 4. The molecule has 0 aliphatic carbocycles. The van der Waals surface area contributed by atoms with E-state index in [1.807, 2.05) is 0 Å². The third-order valence-corrected chi connectivity index (χ3v) is 6.69. The van der Waals surface area contributed by atoms with Crippen molar-refractivity contribution in [3.05, 3.63) is 46.7 Å². The molecular formula is C16H18ClF3N3O2P. The van der Waals surface area contributed by atoms with Crippen LogP contribution in [0.25, 0.3) is 0 Å². The predicted octanol–water partition coefficient (Wildman–Crippen LogP) is 5.11. The van der Waals surface area contributed by atoms with Crippen molar-refractivity contribution in [1.82, 2.24) is 9.97 Å². The van der Waals surface area contributed by atoms with Gasteiger partial charge in [0.15, 0.2) is 0 Å². The molecular weight excluding hydrogens is 390 g/mol. The largest absolute Gasteiger partial charge is 0.420 e. The highest BCUT2D eigenvalue weighted by Gasteiger charge is 2.34. The number of anilines is 2. The molecule has 0 bridgehead atoms. The molecule has 2 N–H and O–H groups in total. The molecule has 0 amide bonds. The molecule has 0 aliphatic rings. The molecule has 0 fully saturated rings. The topological polar surface area (TPSA) is 75.1 Å². The van der Waals surface area contributed by atoms with Crippen molar-refractivity contribution in [3.63, 3.8) is 0 Å². The average Bonchev–Trinajstić information content (AvgIpc) is 2.55. The highest BCUT2D eigenvalue weighted by molar-refractivity contribution is 7.58. The van der Waals surface area contributed by atoms with Crippen molar-refractivity contribution in [2.45, 2.75) is 32.1 Å². The number of nitrogens with one attached hydrogen (secondary N) is 1. The van der Waals surface area contributed by atoms with E-state index in [1.54, 1.807) is 38.1 Å². The fourth-order valence-electron chi connectivity index (χ4n) is 2.26. The van der Waals surface area contributed by atoms with Crippen molar-refractivity contribution < 1.29 is 22.6 Å². The molecule has 5 nitrogen and oxygen atoms in total. The van der Waals surface area contributed by atoms with E-state index in [1.165, 1.54) is 0 Å². The van der Waals surface area contributed by atoms with Crippen LogP contribution in [0.15, 0.2) is 30.5 Å². The van der Waals surface area contributed by atoms with Gasteiger partial charge in [0.1, 0.15) is 10.7 Å². The zero-order chi connectivity index (χ0) is 19.5. The first-order valence-corrected chi connectivity index (χ1v) is 10.1. The van der Waals surface area contributed by atoms with Crippen LogP contribution in [0.5, 0.6) is 0 Å². The molecule has 142 valence electrons. The van der Waals surface area contributed by atoms with Crippen LogP contribution in [-0.2, 0) is 17.2 Å². The Labute approximate surface area is 154 Å². The van der Waals surface area contributed by atoms with Crippen molar-refractivity contribution in [3.8, 4) is 0 Å². The standard InChI is InChI=1S/C16H18ClF3N3O2P/c1-3-26(24,25)10(2)8-11-4-6-12(7-5-11)22-15-21-9-13(14(17)23-15)16(18,19)20/h4-7,9-10H,3,8H2,1-2H3,(H,24,25)(H,21,22,23). The Morgan fingerprint density at radius 3 is 2.42 bits per heavy atom. The van der Waals surface area contributed by atoms with Crippen LogP contribution in [0.2, 0.25) is 5.15 Å². The SMILES string of the molecule is CCP(=O)(O)C(C)Cc1ccc(Nc2ncc(C(F)(F)F)c(Cl)n2)cc1. The molecule has 26 heavy (non-hydrogen) atoms. The van der Waals surface area contributed by atoms with Crippen LogP contribution in [0.4, 0.5) is 24.8 Å². The number of alkyl halides is 3. The second kappa shape index (κ2) is 7.94. The van der Waals surface area contributed by atoms with Crippen molar-refractivity contribution in [1.29, 1.82) is 0 Å². The number of benzene rings is 1. The van der Waals surface area contributed by atoms with E-state index in [-0.39, 0.29) is 17.8 Å². The molecule has 2 aromatic rings. The summed E-state index contributed by atoms with van der Waals surface area (Å²) in [5, 5.41) is 2.09. The molecule has 1 aromatic carbocycles. The zero-order valence-electron chi connectivity index (χ0n) is 14.1. The minimum absolute atomic E-state index is 0.0602. The Balaban J connectivity index is 2.08. The van der Waals surface area contributed by atoms with Gasteiger partial charge in [-0.15, -0.1) is 0 Å². The summed E-state index contributed by atoms with van der Waals surface area (Å²) in [6.45, 7) is 3.41. The lowest BCUT2D eigenvalue weighted by Crippen LogP contribution is -2.09. The van der Waals surface area contributed by atoms with Gasteiger partial charge in [-0.1, -0.05) is 37.6 Å². The number of halogens is 4. The number of nitrogens with zero attached hydrogens (tertiary/aromatic N) is 2. The van der Waals surface area contributed by atoms with Gasteiger partial charge < -0.3 is 10.2 Å². The van der Waals surface area contributed by atoms with Crippen molar-refractivity contribution in [2.75, 3.05) is 11.5 Å². The van der Waals surface area contributed by atoms with Gasteiger partial charge in [-0.2, -0.15) is 13.2 Å². The summed E-state index contributed by atoms with van der Waals surface area (Å²) < 4.78 is 49.9. The first kappa shape index (κ1) is 20.7. The quantitative estimate of drug-likeness (QED) is 0.514. The number of aromatic nitrogens is 2. The van der Waals surface area contributed by atoms with Gasteiger partial charge in [0.25, 0.3) is 0 Å². The van der Waals surface area contributed by atoms with Gasteiger partial charge in [-0.3, -0.25) is 4.57 Å². The number of hydrogen-bond donors (Lipinski definition) is 2. The molecule has 2 rings (SSSR count). The minimum Gasteiger partial charge on any atom is -0.344 e. The number of rotatable bonds is 6. The molecule has 0 spiro atoms. The summed E-state index contributed by atoms with van der Waals surface area (Å²) in [5.41, 5.74) is -0.0289. The maximum atomic E-state index is 12.6. The van der Waals surface area contributed by atoms with E-state index in [0.717, 1.165) is 5.56 Å². The molecule has 0 radical (unpaired) electrons. The molecule has 0 aliphatic heterocycles. The van der Waals surface area contributed by atoms with E-state index in [2.05, 4.69) is 15.3 Å². The minimum atomic E-state index is -4.61. The first-order valence-electron chi connectivity index (χ1n) is 7.80. The lowest BCUT2D eigenvalue weighted by atomic mass is 10.1. The fourth-order valence-corrected chi connectivity index (χ4v) is 3.62. The molecule has 1 aromatic heterocycles. The molecule has 2 atom stereocenters. The maximum Gasteiger partial charge on any atom is 0.420 e. The van der Waals surface area contributed by atoms with Crippen LogP contribution < -0.4 is 5.32 Å². The monoisotopic (exact) mass is 407 g/mol. The Hall–Kier alpha value is -1.63. The normalized spacial score (nSPS) is 15.3. The van der Waals surface area contributed by atoms with Crippen LogP contribution in [0.1, 0.15) is 25.0 Å². The van der Waals surface area contributed by atoms with Crippen molar-refractivity contribution in [2.24, 2.45) is 0 Å². The summed E-state index contributed by atoms with van der Waals surface area (Å²) in [5.74, 6) is -0.0602. The van der Waals surface area contributed by atoms with E-state index in [9.17, 15) is 22.6 Å². The van der Waals surface area contributed by atoms with Crippen LogP contribution in [0.3, 0.4) is 0 Å². The second-order valence-electron chi connectivity index (χ2n) is 5.84. The van der Waals surface area contributed by atoms with Crippen molar-refractivity contribution >= 4 is 30.6 Å². The molecule has 10 heteroatoms. The van der Waals surface area contributed by atoms with Gasteiger partial charge in [0, 0.05) is 23.7 Å². The maximum absolute atomic E-state index is 12.6. The van der Waals surface area contributed by atoms with Gasteiger partial charge in [-0.05, 0) is 24.1 Å². The summed E-state index contributed by atoms with van der Waals surface area (Å²) in [4.78, 5) is 17.1. The van der Waals surface area contributed by atoms with Gasteiger partial charge in [-0.25, -0.2) is 9.97 Å². The summed E-state index contributed by atoms with van der Waals surface area (Å²) in [6.07, 6.45) is -3.32. The first-order chi connectivity index (χ1) is 12.0. The Morgan fingerprint density at radius 1 is 1.31 bits per heavy atom. The smallest absolute Gasteiger partial charge is 0.344 e. The van der Waals surface area contributed by atoms with Crippen LogP contribution >= 0.6 is 19.0 Å². The summed E-state index contributed by atoms with van der Waals surface area (Å²) >= 11 is 5.56. The lowest BCUT2D eigenvalue weighted by Gasteiger charge is -2.18. The van der Waals surface area contributed by atoms with Crippen LogP contribution in [-0.4, -0.2) is 26.7 Å². The van der Waals surface area contributed by atoms with E-state index in [4.69, 9.17) is 11.6 Å². The molecule has 2 unspecified atom stereocenters. The predicted molar refractivity (Wildman–Crippen MR) is 95.3 cm³/mol. The fraction of sp³-hybridized carbons (Fsp3) is 0.375. The van der Waals surface area contributed by atoms with E-state index < -0.39 is 24.3 Å². The highest BCUT2D eigenvalue weighted by Crippen LogP contribution is 2.46. The molecule has 0 saturated heterocycles. The Kier molecular flexibility index (Phi) is 6.32. The van der Waals surface area contributed by atoms with Gasteiger partial charge in [0.05, 0.1) is 0 Å². The Bertz CT molecular complexity index is 815. The third-order valence-electron chi connectivity index (χ3n) is 3.93.